The number of amides is 1. The van der Waals surface area contributed by atoms with Crippen LogP contribution in [0.1, 0.15) is 19.4 Å². The number of likely N-dealkylation sites (N-methyl/N-ethyl adjacent to an activating group) is 1. The lowest BCUT2D eigenvalue weighted by Crippen LogP contribution is -2.33. The molecule has 116 valence electrons. The number of aliphatic hydroxyl groups is 1. The third kappa shape index (κ3) is 3.09. The first-order valence-corrected chi connectivity index (χ1v) is 8.23. The van der Waals surface area contributed by atoms with Crippen molar-refractivity contribution < 1.29 is 18.3 Å². The Kier molecular flexibility index (Phi) is 4.36. The molecule has 0 aromatic heterocycles. The van der Waals surface area contributed by atoms with Crippen molar-refractivity contribution in [3.8, 4) is 0 Å². The van der Waals surface area contributed by atoms with Crippen molar-refractivity contribution in [2.75, 3.05) is 25.0 Å². The second-order valence-corrected chi connectivity index (χ2v) is 7.39. The smallest absolute Gasteiger partial charge is 0.242 e. The Morgan fingerprint density at radius 3 is 2.71 bits per heavy atom. The molecule has 6 nitrogen and oxygen atoms in total. The minimum Gasteiger partial charge on any atom is -0.392 e. The summed E-state index contributed by atoms with van der Waals surface area (Å²) >= 11 is 0. The van der Waals surface area contributed by atoms with Crippen LogP contribution in [0.2, 0.25) is 0 Å². The van der Waals surface area contributed by atoms with Crippen molar-refractivity contribution in [2.45, 2.75) is 31.3 Å². The Labute approximate surface area is 125 Å². The zero-order chi connectivity index (χ0) is 15.8. The molecule has 1 aromatic carbocycles. The quantitative estimate of drug-likeness (QED) is 0.883. The van der Waals surface area contributed by atoms with E-state index >= 15 is 0 Å². The third-order valence-electron chi connectivity index (χ3n) is 3.56. The number of carbonyl (C=O) groups excluding carboxylic acids is 1. The molecule has 1 aliphatic heterocycles. The summed E-state index contributed by atoms with van der Waals surface area (Å²) in [6.07, 6.45) is -0.00779. The molecule has 1 N–H and O–H groups in total. The largest absolute Gasteiger partial charge is 0.392 e. The SMILES string of the molecule is CC(=O)N1CCc2ccc(S(=O)(=O)N(C)CC(C)O)cc21. The van der Waals surface area contributed by atoms with E-state index in [-0.39, 0.29) is 17.3 Å². The predicted octanol–water partition coefficient (Wildman–Crippen LogP) is 0.597. The average Bonchev–Trinajstić information content (AvgIpc) is 2.80. The van der Waals surface area contributed by atoms with Crippen molar-refractivity contribution >= 4 is 21.6 Å². The van der Waals surface area contributed by atoms with Crippen LogP contribution in [0, 0.1) is 0 Å². The molecule has 1 amide bonds. The minimum atomic E-state index is -3.67. The molecule has 1 heterocycles. The number of benzene rings is 1. The molecule has 0 aliphatic carbocycles. The van der Waals surface area contributed by atoms with Crippen LogP contribution in [0.15, 0.2) is 23.1 Å². The zero-order valence-corrected chi connectivity index (χ0v) is 13.2. The maximum Gasteiger partial charge on any atom is 0.242 e. The van der Waals surface area contributed by atoms with Crippen molar-refractivity contribution in [3.05, 3.63) is 23.8 Å². The highest BCUT2D eigenvalue weighted by atomic mass is 32.2. The Hall–Kier alpha value is -1.44. The van der Waals surface area contributed by atoms with E-state index in [9.17, 15) is 18.3 Å². The van der Waals surface area contributed by atoms with Crippen LogP contribution in [0.4, 0.5) is 5.69 Å². The van der Waals surface area contributed by atoms with Crippen molar-refractivity contribution in [1.82, 2.24) is 4.31 Å². The van der Waals surface area contributed by atoms with E-state index in [2.05, 4.69) is 0 Å². The number of aliphatic hydroxyl groups excluding tert-OH is 1. The number of nitrogens with zero attached hydrogens (tertiary/aromatic N) is 2. The number of hydrogen-bond acceptors (Lipinski definition) is 4. The molecule has 1 unspecified atom stereocenters. The van der Waals surface area contributed by atoms with Gasteiger partial charge in [-0.3, -0.25) is 4.79 Å². The topological polar surface area (TPSA) is 77.9 Å². The molecular formula is C14H20N2O4S. The van der Waals surface area contributed by atoms with Gasteiger partial charge in [0.2, 0.25) is 15.9 Å². The summed E-state index contributed by atoms with van der Waals surface area (Å²) in [5.74, 6) is -0.0966. The third-order valence-corrected chi connectivity index (χ3v) is 5.38. The van der Waals surface area contributed by atoms with Crippen LogP contribution in [0.3, 0.4) is 0 Å². The fraction of sp³-hybridized carbons (Fsp3) is 0.500. The Morgan fingerprint density at radius 2 is 2.14 bits per heavy atom. The van der Waals surface area contributed by atoms with Gasteiger partial charge in [0.25, 0.3) is 0 Å². The Bertz CT molecular complexity index is 655. The second-order valence-electron chi connectivity index (χ2n) is 5.35. The van der Waals surface area contributed by atoms with Crippen molar-refractivity contribution in [2.24, 2.45) is 0 Å². The lowest BCUT2D eigenvalue weighted by Gasteiger charge is -2.20. The molecule has 1 aliphatic rings. The zero-order valence-electron chi connectivity index (χ0n) is 12.4. The molecule has 0 spiro atoms. The number of hydrogen-bond donors (Lipinski definition) is 1. The Morgan fingerprint density at radius 1 is 1.48 bits per heavy atom. The Balaban J connectivity index is 2.38. The molecule has 21 heavy (non-hydrogen) atoms. The first-order valence-electron chi connectivity index (χ1n) is 6.79. The van der Waals surface area contributed by atoms with Gasteiger partial charge in [-0.1, -0.05) is 6.07 Å². The van der Waals surface area contributed by atoms with Crippen LogP contribution in [0.25, 0.3) is 0 Å². The normalized spacial score (nSPS) is 16.1. The van der Waals surface area contributed by atoms with Crippen molar-refractivity contribution in [1.29, 1.82) is 0 Å². The molecule has 0 bridgehead atoms. The number of carbonyl (C=O) groups is 1. The summed E-state index contributed by atoms with van der Waals surface area (Å²) in [4.78, 5) is 13.3. The van der Waals surface area contributed by atoms with Gasteiger partial charge in [-0.05, 0) is 31.0 Å². The van der Waals surface area contributed by atoms with E-state index in [0.717, 1.165) is 16.3 Å². The van der Waals surface area contributed by atoms with E-state index in [1.54, 1.807) is 17.0 Å². The summed E-state index contributed by atoms with van der Waals surface area (Å²) < 4.78 is 26.0. The molecule has 2 rings (SSSR count). The number of anilines is 1. The van der Waals surface area contributed by atoms with E-state index < -0.39 is 16.1 Å². The molecule has 1 atom stereocenters. The van der Waals surface area contributed by atoms with Crippen LogP contribution < -0.4 is 4.90 Å². The predicted molar refractivity (Wildman–Crippen MR) is 79.7 cm³/mol. The van der Waals surface area contributed by atoms with E-state index in [4.69, 9.17) is 0 Å². The van der Waals surface area contributed by atoms with Gasteiger partial charge in [0.15, 0.2) is 0 Å². The van der Waals surface area contributed by atoms with Gasteiger partial charge in [0, 0.05) is 32.7 Å². The molecule has 1 aromatic rings. The summed E-state index contributed by atoms with van der Waals surface area (Å²) in [5, 5.41) is 9.34. The van der Waals surface area contributed by atoms with Crippen LogP contribution in [0.5, 0.6) is 0 Å². The summed E-state index contributed by atoms with van der Waals surface area (Å²) in [7, 11) is -2.24. The van der Waals surface area contributed by atoms with Gasteiger partial charge in [-0.15, -0.1) is 0 Å². The van der Waals surface area contributed by atoms with Gasteiger partial charge in [-0.25, -0.2) is 8.42 Å². The molecule has 0 fully saturated rings. The molecule has 0 saturated heterocycles. The first-order chi connectivity index (χ1) is 9.73. The maximum absolute atomic E-state index is 12.5. The molecule has 0 radical (unpaired) electrons. The first kappa shape index (κ1) is 15.9. The second kappa shape index (κ2) is 5.75. The van der Waals surface area contributed by atoms with Gasteiger partial charge in [0.1, 0.15) is 0 Å². The number of sulfonamides is 1. The summed E-state index contributed by atoms with van der Waals surface area (Å²) in [5.41, 5.74) is 1.64. The van der Waals surface area contributed by atoms with Gasteiger partial charge >= 0.3 is 0 Å². The number of fused-ring (bicyclic) bond motifs is 1. The molecular weight excluding hydrogens is 292 g/mol. The van der Waals surface area contributed by atoms with E-state index in [0.29, 0.717) is 12.2 Å². The van der Waals surface area contributed by atoms with Crippen LogP contribution in [-0.4, -0.2) is 50.0 Å². The van der Waals surface area contributed by atoms with E-state index in [1.807, 2.05) is 0 Å². The monoisotopic (exact) mass is 312 g/mol. The average molecular weight is 312 g/mol. The van der Waals surface area contributed by atoms with Gasteiger partial charge < -0.3 is 10.0 Å². The summed E-state index contributed by atoms with van der Waals surface area (Å²) in [6, 6.07) is 4.84. The van der Waals surface area contributed by atoms with Crippen LogP contribution in [-0.2, 0) is 21.2 Å². The summed E-state index contributed by atoms with van der Waals surface area (Å²) in [6.45, 7) is 3.61. The lowest BCUT2D eigenvalue weighted by atomic mass is 10.2. The molecule has 0 saturated carbocycles. The van der Waals surface area contributed by atoms with Crippen LogP contribution >= 0.6 is 0 Å². The highest BCUT2D eigenvalue weighted by Gasteiger charge is 2.27. The van der Waals surface area contributed by atoms with Crippen molar-refractivity contribution in [3.63, 3.8) is 0 Å². The van der Waals surface area contributed by atoms with Gasteiger partial charge in [-0.2, -0.15) is 4.31 Å². The van der Waals surface area contributed by atoms with Gasteiger partial charge in [0.05, 0.1) is 11.0 Å². The number of rotatable bonds is 4. The molecule has 7 heteroatoms. The van der Waals surface area contributed by atoms with E-state index in [1.165, 1.54) is 27.0 Å². The maximum atomic E-state index is 12.5. The lowest BCUT2D eigenvalue weighted by molar-refractivity contribution is -0.116. The fourth-order valence-electron chi connectivity index (χ4n) is 2.50. The fourth-order valence-corrected chi connectivity index (χ4v) is 3.77. The minimum absolute atomic E-state index is 0.0237. The highest BCUT2D eigenvalue weighted by molar-refractivity contribution is 7.89. The standard InChI is InChI=1S/C14H20N2O4S/c1-10(17)9-15(3)21(19,20)13-5-4-12-6-7-16(11(2)18)14(12)8-13/h4-5,8,10,17H,6-7,9H2,1-3H3. The highest BCUT2D eigenvalue weighted by Crippen LogP contribution is 2.31.